The predicted molar refractivity (Wildman–Crippen MR) is 134 cm³/mol. The average Bonchev–Trinajstić information content (AvgIpc) is 2.86. The Hall–Kier alpha value is -4.58. The average molecular weight is 562 g/mol. The zero-order valence-corrected chi connectivity index (χ0v) is 20.3. The molecule has 3 N–H and O–H groups in total. The Morgan fingerprint density at radius 2 is 1.68 bits per heavy atom. The summed E-state index contributed by atoms with van der Waals surface area (Å²) in [5.41, 5.74) is 1.02. The summed E-state index contributed by atoms with van der Waals surface area (Å²) in [6.45, 7) is 0. The van der Waals surface area contributed by atoms with Gasteiger partial charge in [0, 0.05) is 29.4 Å². The quantitative estimate of drug-likeness (QED) is 0.193. The van der Waals surface area contributed by atoms with Gasteiger partial charge >= 0.3 is 12.5 Å². The number of alkyl halides is 6. The molecule has 0 aromatic heterocycles. The number of aliphatic hydroxyl groups is 1. The second kappa shape index (κ2) is 11.3. The fourth-order valence-electron chi connectivity index (χ4n) is 4.01. The number of carbonyl (C=O) groups is 2. The van der Waals surface area contributed by atoms with Crippen molar-refractivity contribution in [2.75, 3.05) is 10.6 Å². The Labute approximate surface area is 223 Å². The van der Waals surface area contributed by atoms with Gasteiger partial charge in [-0.25, -0.2) is 0 Å². The van der Waals surface area contributed by atoms with Gasteiger partial charge in [0.1, 0.15) is 11.9 Å². The van der Waals surface area contributed by atoms with Gasteiger partial charge in [0.15, 0.2) is 0 Å². The van der Waals surface area contributed by atoms with Gasteiger partial charge in [-0.15, -0.1) is 13.2 Å². The van der Waals surface area contributed by atoms with Crippen LogP contribution in [0.3, 0.4) is 0 Å². The molecule has 3 aromatic carbocycles. The highest BCUT2D eigenvalue weighted by atomic mass is 19.4. The first-order chi connectivity index (χ1) is 18.8. The molecule has 0 radical (unpaired) electrons. The van der Waals surface area contributed by atoms with Crippen LogP contribution in [0.5, 0.6) is 5.75 Å². The summed E-state index contributed by atoms with van der Waals surface area (Å²) in [5.74, 6) is -1.72. The maximum absolute atomic E-state index is 13.0. The number of ether oxygens (including phenoxy) is 1. The lowest BCUT2D eigenvalue weighted by Gasteiger charge is -2.23. The van der Waals surface area contributed by atoms with Gasteiger partial charge in [0.25, 0.3) is 5.91 Å². The number of aliphatic hydroxyl groups excluding tert-OH is 1. The van der Waals surface area contributed by atoms with Crippen molar-refractivity contribution < 1.29 is 45.8 Å². The fraction of sp³-hybridized carbons (Fsp3) is 0.143. The van der Waals surface area contributed by atoms with Crippen LogP contribution in [0.25, 0.3) is 5.57 Å². The van der Waals surface area contributed by atoms with Gasteiger partial charge < -0.3 is 20.5 Å². The lowest BCUT2D eigenvalue weighted by atomic mass is 9.96. The molecular weight excluding hydrogens is 542 g/mol. The molecule has 2 amide bonds. The highest BCUT2D eigenvalue weighted by Crippen LogP contribution is 2.33. The van der Waals surface area contributed by atoms with E-state index in [0.717, 1.165) is 42.5 Å². The maximum Gasteiger partial charge on any atom is 0.573 e. The first-order valence-electron chi connectivity index (χ1n) is 11.6. The molecule has 1 aliphatic heterocycles. The molecule has 12 heteroatoms. The van der Waals surface area contributed by atoms with Crippen LogP contribution in [-0.2, 0) is 22.2 Å². The van der Waals surface area contributed by atoms with Gasteiger partial charge in [-0.05, 0) is 53.1 Å². The number of hydrogen-bond donors (Lipinski definition) is 3. The summed E-state index contributed by atoms with van der Waals surface area (Å²) in [4.78, 5) is 24.3. The first-order valence-corrected chi connectivity index (χ1v) is 11.6. The third-order valence-electron chi connectivity index (χ3n) is 5.80. The van der Waals surface area contributed by atoms with Crippen molar-refractivity contribution in [1.29, 1.82) is 0 Å². The SMILES string of the molecule is O=C(/C=C/C=C(\c1ccc(C(F)(F)F)cc1)c1cccc(OC(F)(F)F)c1)Nc1cccc2c1CC(O)C(=O)N2. The number of benzene rings is 3. The number of anilines is 2. The minimum absolute atomic E-state index is 0.0182. The molecule has 1 atom stereocenters. The van der Waals surface area contributed by atoms with E-state index in [0.29, 0.717) is 16.9 Å². The highest BCUT2D eigenvalue weighted by molar-refractivity contribution is 6.03. The van der Waals surface area contributed by atoms with Gasteiger partial charge in [0.2, 0.25) is 5.91 Å². The van der Waals surface area contributed by atoms with Crippen molar-refractivity contribution in [2.45, 2.75) is 25.1 Å². The van der Waals surface area contributed by atoms with Crippen molar-refractivity contribution in [3.8, 4) is 5.75 Å². The molecule has 3 aromatic rings. The lowest BCUT2D eigenvalue weighted by molar-refractivity contribution is -0.274. The first kappa shape index (κ1) is 28.4. The number of hydrogen-bond acceptors (Lipinski definition) is 4. The Kier molecular flexibility index (Phi) is 8.01. The molecule has 6 nitrogen and oxygen atoms in total. The van der Waals surface area contributed by atoms with Gasteiger partial charge in [-0.1, -0.05) is 42.5 Å². The van der Waals surface area contributed by atoms with Crippen LogP contribution in [0.2, 0.25) is 0 Å². The van der Waals surface area contributed by atoms with Gasteiger partial charge in [0.05, 0.1) is 5.56 Å². The van der Waals surface area contributed by atoms with E-state index in [1.165, 1.54) is 24.3 Å². The number of allylic oxidation sites excluding steroid dienone is 2. The summed E-state index contributed by atoms with van der Waals surface area (Å²) in [6, 6.07) is 13.6. The van der Waals surface area contributed by atoms with E-state index >= 15 is 0 Å². The van der Waals surface area contributed by atoms with E-state index in [1.807, 2.05) is 0 Å². The van der Waals surface area contributed by atoms with Crippen LogP contribution in [0.4, 0.5) is 37.7 Å². The fourth-order valence-corrected chi connectivity index (χ4v) is 4.01. The van der Waals surface area contributed by atoms with Crippen molar-refractivity contribution >= 4 is 28.8 Å². The Balaban J connectivity index is 1.63. The number of carbonyl (C=O) groups excluding carboxylic acids is 2. The maximum atomic E-state index is 13.0. The molecule has 0 fully saturated rings. The number of rotatable bonds is 6. The minimum Gasteiger partial charge on any atom is -0.406 e. The summed E-state index contributed by atoms with van der Waals surface area (Å²) in [7, 11) is 0. The van der Waals surface area contributed by atoms with Crippen molar-refractivity contribution in [2.24, 2.45) is 0 Å². The molecule has 1 aliphatic rings. The number of fused-ring (bicyclic) bond motifs is 1. The molecule has 0 aliphatic carbocycles. The molecule has 0 saturated heterocycles. The minimum atomic E-state index is -4.95. The van der Waals surface area contributed by atoms with Crippen molar-refractivity contribution in [1.82, 2.24) is 0 Å². The molecule has 0 spiro atoms. The standard InChI is InChI=1S/C28H20F6N2O4/c29-27(30,31)18-12-10-16(11-13-18)20(17-4-1-5-19(14-17)40-28(32,33)34)6-2-9-25(38)35-22-7-3-8-23-21(22)15-24(37)26(39)36-23/h1-14,24,37H,15H2,(H,35,38)(H,36,39)/b9-2+,20-6+. The predicted octanol–water partition coefficient (Wildman–Crippen LogP) is 6.09. The Morgan fingerprint density at radius 1 is 0.975 bits per heavy atom. The molecule has 0 bridgehead atoms. The lowest BCUT2D eigenvalue weighted by Crippen LogP contribution is -2.34. The van der Waals surface area contributed by atoms with Crippen LogP contribution >= 0.6 is 0 Å². The molecule has 208 valence electrons. The van der Waals surface area contributed by atoms with Crippen LogP contribution in [-0.4, -0.2) is 29.4 Å². The van der Waals surface area contributed by atoms with Crippen molar-refractivity contribution in [3.05, 3.63) is 107 Å². The number of nitrogens with one attached hydrogen (secondary N) is 2. The highest BCUT2D eigenvalue weighted by Gasteiger charge is 2.32. The molecule has 1 heterocycles. The van der Waals surface area contributed by atoms with E-state index in [-0.39, 0.29) is 23.1 Å². The third-order valence-corrected chi connectivity index (χ3v) is 5.80. The van der Waals surface area contributed by atoms with Crippen molar-refractivity contribution in [3.63, 3.8) is 0 Å². The number of halogens is 6. The van der Waals surface area contributed by atoms with Crippen LogP contribution in [0.1, 0.15) is 22.3 Å². The van der Waals surface area contributed by atoms with E-state index in [1.54, 1.807) is 18.2 Å². The van der Waals surface area contributed by atoms with E-state index in [2.05, 4.69) is 15.4 Å². The van der Waals surface area contributed by atoms with Crippen LogP contribution in [0, 0.1) is 0 Å². The van der Waals surface area contributed by atoms with Crippen LogP contribution in [0.15, 0.2) is 85.0 Å². The Morgan fingerprint density at radius 3 is 2.35 bits per heavy atom. The van der Waals surface area contributed by atoms with E-state index in [4.69, 9.17) is 0 Å². The monoisotopic (exact) mass is 562 g/mol. The third kappa shape index (κ3) is 7.08. The van der Waals surface area contributed by atoms with Gasteiger partial charge in [-0.2, -0.15) is 13.2 Å². The van der Waals surface area contributed by atoms with Gasteiger partial charge in [-0.3, -0.25) is 9.59 Å². The second-order valence-corrected chi connectivity index (χ2v) is 8.62. The zero-order chi connectivity index (χ0) is 29.1. The summed E-state index contributed by atoms with van der Waals surface area (Å²) < 4.78 is 81.3. The van der Waals surface area contributed by atoms with E-state index < -0.39 is 41.8 Å². The smallest absolute Gasteiger partial charge is 0.406 e. The topological polar surface area (TPSA) is 87.7 Å². The van der Waals surface area contributed by atoms with Crippen LogP contribution < -0.4 is 15.4 Å². The molecular formula is C28H20F6N2O4. The molecule has 0 saturated carbocycles. The summed E-state index contributed by atoms with van der Waals surface area (Å²) in [5, 5.41) is 15.0. The molecule has 1 unspecified atom stereocenters. The number of amides is 2. The normalized spacial score (nSPS) is 15.9. The molecule has 40 heavy (non-hydrogen) atoms. The largest absolute Gasteiger partial charge is 0.573 e. The van der Waals surface area contributed by atoms with E-state index in [9.17, 15) is 41.0 Å². The second-order valence-electron chi connectivity index (χ2n) is 8.62. The Bertz CT molecular complexity index is 1480. The summed E-state index contributed by atoms with van der Waals surface area (Å²) >= 11 is 0. The molecule has 4 rings (SSSR count). The summed E-state index contributed by atoms with van der Waals surface area (Å²) in [6.07, 6.45) is -7.09. The zero-order valence-electron chi connectivity index (χ0n) is 20.3.